The van der Waals surface area contributed by atoms with E-state index in [1.807, 2.05) is 0 Å². The third kappa shape index (κ3) is 2.98. The molecule has 0 amide bonds. The zero-order valence-corrected chi connectivity index (χ0v) is 13.8. The van der Waals surface area contributed by atoms with E-state index in [4.69, 9.17) is 9.26 Å². The Morgan fingerprint density at radius 2 is 1.83 bits per heavy atom. The Morgan fingerprint density at radius 1 is 1.17 bits per heavy atom. The van der Waals surface area contributed by atoms with Crippen LogP contribution in [0.2, 0.25) is 18.1 Å². The molecule has 1 saturated carbocycles. The molecule has 0 aromatic rings. The summed E-state index contributed by atoms with van der Waals surface area (Å²) in [5.41, 5.74) is 0. The fourth-order valence-electron chi connectivity index (χ4n) is 2.74. The summed E-state index contributed by atoms with van der Waals surface area (Å²) >= 11 is 0. The SMILES string of the molecule is CN1O[C@H]2CC[C@@H]1C[C@@H](O[Si](C)(C)C(C)(C)C)C2. The molecule has 2 aliphatic heterocycles. The van der Waals surface area contributed by atoms with Crippen LogP contribution in [0.5, 0.6) is 0 Å². The lowest BCUT2D eigenvalue weighted by Gasteiger charge is -2.39. The molecule has 0 aromatic heterocycles. The lowest BCUT2D eigenvalue weighted by Crippen LogP contribution is -2.44. The van der Waals surface area contributed by atoms with Crippen molar-refractivity contribution in [3.05, 3.63) is 0 Å². The van der Waals surface area contributed by atoms with Crippen molar-refractivity contribution in [1.82, 2.24) is 5.06 Å². The average molecular weight is 271 g/mol. The topological polar surface area (TPSA) is 21.7 Å². The first-order valence-corrected chi connectivity index (χ1v) is 10.2. The van der Waals surface area contributed by atoms with Crippen LogP contribution < -0.4 is 0 Å². The monoisotopic (exact) mass is 271 g/mol. The minimum Gasteiger partial charge on any atom is -0.414 e. The van der Waals surface area contributed by atoms with E-state index < -0.39 is 8.32 Å². The normalized spacial score (nSPS) is 34.7. The molecular weight excluding hydrogens is 242 g/mol. The van der Waals surface area contributed by atoms with Crippen molar-refractivity contribution in [2.24, 2.45) is 0 Å². The molecule has 2 saturated heterocycles. The number of rotatable bonds is 2. The molecule has 2 bridgehead atoms. The summed E-state index contributed by atoms with van der Waals surface area (Å²) in [6, 6.07) is 0.554. The minimum absolute atomic E-state index is 0.297. The lowest BCUT2D eigenvalue weighted by molar-refractivity contribution is -0.224. The van der Waals surface area contributed by atoms with Gasteiger partial charge in [0.05, 0.1) is 6.10 Å². The second kappa shape index (κ2) is 4.89. The van der Waals surface area contributed by atoms with Crippen molar-refractivity contribution in [3.63, 3.8) is 0 Å². The van der Waals surface area contributed by atoms with Gasteiger partial charge >= 0.3 is 0 Å². The van der Waals surface area contributed by atoms with Crippen molar-refractivity contribution < 1.29 is 9.26 Å². The Balaban J connectivity index is 2.03. The van der Waals surface area contributed by atoms with Gasteiger partial charge in [-0.1, -0.05) is 20.8 Å². The smallest absolute Gasteiger partial charge is 0.192 e. The van der Waals surface area contributed by atoms with Crippen LogP contribution in [0.15, 0.2) is 0 Å². The Hall–Kier alpha value is 0.0969. The summed E-state index contributed by atoms with van der Waals surface area (Å²) in [6.07, 6.45) is 5.45. The van der Waals surface area contributed by atoms with Crippen molar-refractivity contribution in [2.45, 2.75) is 82.8 Å². The maximum absolute atomic E-state index is 6.58. The van der Waals surface area contributed by atoms with Gasteiger partial charge in [0.15, 0.2) is 8.32 Å². The van der Waals surface area contributed by atoms with Gasteiger partial charge in [-0.05, 0) is 37.4 Å². The highest BCUT2D eigenvalue weighted by Gasteiger charge is 2.42. The number of nitrogens with zero attached hydrogens (tertiary/aromatic N) is 1. The van der Waals surface area contributed by atoms with Crippen molar-refractivity contribution >= 4 is 8.32 Å². The van der Waals surface area contributed by atoms with Gasteiger partial charge in [-0.25, -0.2) is 0 Å². The lowest BCUT2D eigenvalue weighted by atomic mass is 10.1. The van der Waals surface area contributed by atoms with Crippen LogP contribution >= 0.6 is 0 Å². The van der Waals surface area contributed by atoms with Crippen LogP contribution in [0.25, 0.3) is 0 Å². The summed E-state index contributed by atoms with van der Waals surface area (Å²) in [6.45, 7) is 11.6. The van der Waals surface area contributed by atoms with E-state index in [1.165, 1.54) is 12.8 Å². The van der Waals surface area contributed by atoms with E-state index in [0.29, 0.717) is 23.3 Å². The van der Waals surface area contributed by atoms with E-state index in [2.05, 4.69) is 46.0 Å². The average Bonchev–Trinajstić information content (AvgIpc) is 2.44. The summed E-state index contributed by atoms with van der Waals surface area (Å²) in [5.74, 6) is 0. The van der Waals surface area contributed by atoms with Crippen LogP contribution in [-0.4, -0.2) is 38.7 Å². The van der Waals surface area contributed by atoms with Gasteiger partial charge in [0.1, 0.15) is 0 Å². The first kappa shape index (κ1) is 14.5. The van der Waals surface area contributed by atoms with Crippen LogP contribution in [0.4, 0.5) is 0 Å². The summed E-state index contributed by atoms with van der Waals surface area (Å²) in [7, 11) is 0.433. The third-order valence-corrected chi connectivity index (χ3v) is 9.51. The van der Waals surface area contributed by atoms with Gasteiger partial charge in [0.2, 0.25) is 0 Å². The van der Waals surface area contributed by atoms with Gasteiger partial charge in [-0.2, -0.15) is 5.06 Å². The van der Waals surface area contributed by atoms with Crippen LogP contribution in [-0.2, 0) is 9.26 Å². The molecule has 0 aromatic carbocycles. The largest absolute Gasteiger partial charge is 0.414 e. The number of hydrogen-bond donors (Lipinski definition) is 0. The fraction of sp³-hybridized carbons (Fsp3) is 1.00. The van der Waals surface area contributed by atoms with E-state index in [9.17, 15) is 0 Å². The number of hydroxylamine groups is 2. The minimum atomic E-state index is -1.64. The van der Waals surface area contributed by atoms with Crippen LogP contribution in [0.1, 0.15) is 46.5 Å². The van der Waals surface area contributed by atoms with Crippen molar-refractivity contribution in [1.29, 1.82) is 0 Å². The van der Waals surface area contributed by atoms with E-state index in [1.54, 1.807) is 0 Å². The molecule has 1 aliphatic carbocycles. The molecule has 3 rings (SSSR count). The molecule has 0 unspecified atom stereocenters. The highest BCUT2D eigenvalue weighted by atomic mass is 28.4. The summed E-state index contributed by atoms with van der Waals surface area (Å²) < 4.78 is 6.58. The molecule has 18 heavy (non-hydrogen) atoms. The molecule has 3 aliphatic rings. The highest BCUT2D eigenvalue weighted by Crippen LogP contribution is 2.40. The Kier molecular flexibility index (Phi) is 3.94. The molecule has 3 fully saturated rings. The fourth-order valence-corrected chi connectivity index (χ4v) is 4.12. The van der Waals surface area contributed by atoms with E-state index in [-0.39, 0.29) is 0 Å². The molecule has 0 spiro atoms. The van der Waals surface area contributed by atoms with Gasteiger partial charge in [-0.3, -0.25) is 4.84 Å². The second-order valence-corrected chi connectivity index (χ2v) is 12.2. The Bertz CT molecular complexity index is 301. The highest BCUT2D eigenvalue weighted by molar-refractivity contribution is 6.74. The quantitative estimate of drug-likeness (QED) is 0.717. The zero-order chi connectivity index (χ0) is 13.6. The first-order chi connectivity index (χ1) is 8.19. The van der Waals surface area contributed by atoms with Gasteiger partial charge < -0.3 is 4.43 Å². The third-order valence-electron chi connectivity index (χ3n) is 4.98. The predicted molar refractivity (Wildman–Crippen MR) is 77.0 cm³/mol. The molecule has 3 atom stereocenters. The molecule has 0 radical (unpaired) electrons. The van der Waals surface area contributed by atoms with Gasteiger partial charge in [0, 0.05) is 25.6 Å². The summed E-state index contributed by atoms with van der Waals surface area (Å²) in [4.78, 5) is 5.91. The molecule has 106 valence electrons. The Labute approximate surface area is 113 Å². The van der Waals surface area contributed by atoms with Crippen molar-refractivity contribution in [2.75, 3.05) is 7.05 Å². The number of fused-ring (bicyclic) bond motifs is 4. The van der Waals surface area contributed by atoms with Gasteiger partial charge in [-0.15, -0.1) is 0 Å². The zero-order valence-electron chi connectivity index (χ0n) is 12.8. The molecule has 3 nitrogen and oxygen atoms in total. The standard InChI is InChI=1S/C14H29NO2Si/c1-14(2,3)18(5,6)17-13-9-11-7-8-12(10-13)16-15(11)4/h11-13H,7-10H2,1-6H3/t11-,12+,13-/m1/s1. The van der Waals surface area contributed by atoms with E-state index >= 15 is 0 Å². The summed E-state index contributed by atoms with van der Waals surface area (Å²) in [5, 5.41) is 2.37. The molecule has 4 heteroatoms. The maximum atomic E-state index is 6.58. The molecular formula is C14H29NO2Si. The predicted octanol–water partition coefficient (Wildman–Crippen LogP) is 3.57. The van der Waals surface area contributed by atoms with Crippen LogP contribution in [0.3, 0.4) is 0 Å². The van der Waals surface area contributed by atoms with Crippen LogP contribution in [0, 0.1) is 0 Å². The van der Waals surface area contributed by atoms with Gasteiger partial charge in [0.25, 0.3) is 0 Å². The Morgan fingerprint density at radius 3 is 2.39 bits per heavy atom. The molecule has 0 N–H and O–H groups in total. The maximum Gasteiger partial charge on any atom is 0.192 e. The number of hydrogen-bond acceptors (Lipinski definition) is 3. The first-order valence-electron chi connectivity index (χ1n) is 7.26. The van der Waals surface area contributed by atoms with E-state index in [0.717, 1.165) is 12.8 Å². The van der Waals surface area contributed by atoms with Crippen molar-refractivity contribution in [3.8, 4) is 0 Å². The second-order valence-electron chi connectivity index (χ2n) is 7.48. The molecule has 2 heterocycles.